The third-order valence-electron chi connectivity index (χ3n) is 3.48. The van der Waals surface area contributed by atoms with Crippen LogP contribution in [-0.2, 0) is 0 Å². The molecule has 0 saturated heterocycles. The van der Waals surface area contributed by atoms with E-state index in [4.69, 9.17) is 17.3 Å². The summed E-state index contributed by atoms with van der Waals surface area (Å²) < 4.78 is 13.8. The van der Waals surface area contributed by atoms with Crippen molar-refractivity contribution in [2.75, 3.05) is 6.54 Å². The van der Waals surface area contributed by atoms with Crippen molar-refractivity contribution in [3.8, 4) is 0 Å². The quantitative estimate of drug-likeness (QED) is 0.647. The molecule has 1 aliphatic carbocycles. The molecule has 0 spiro atoms. The van der Waals surface area contributed by atoms with Gasteiger partial charge in [0, 0.05) is 29.1 Å². The van der Waals surface area contributed by atoms with Crippen LogP contribution in [-0.4, -0.2) is 18.5 Å². The number of hydrogen-bond donors (Lipinski definition) is 2. The molecule has 2 atom stereocenters. The highest BCUT2D eigenvalue weighted by molar-refractivity contribution is 6.31. The van der Waals surface area contributed by atoms with Crippen LogP contribution in [0.3, 0.4) is 0 Å². The highest BCUT2D eigenvalue weighted by atomic mass is 35.5. The van der Waals surface area contributed by atoms with Crippen molar-refractivity contribution in [1.82, 2.24) is 5.32 Å². The summed E-state index contributed by atoms with van der Waals surface area (Å²) in [6, 6.07) is 4.91. The molecule has 1 fully saturated rings. The maximum Gasteiger partial charge on any atom is 0.188 e. The van der Waals surface area contributed by atoms with Crippen molar-refractivity contribution in [1.29, 1.82) is 0 Å². The van der Waals surface area contributed by atoms with Gasteiger partial charge in [-0.3, -0.25) is 4.99 Å². The topological polar surface area (TPSA) is 50.4 Å². The van der Waals surface area contributed by atoms with Gasteiger partial charge in [0.15, 0.2) is 5.96 Å². The third kappa shape index (κ3) is 3.85. The Kier molecular flexibility index (Phi) is 4.86. The fourth-order valence-electron chi connectivity index (χ4n) is 2.22. The second kappa shape index (κ2) is 6.44. The van der Waals surface area contributed by atoms with Crippen LogP contribution in [0, 0.1) is 11.7 Å². The Morgan fingerprint density at radius 2 is 2.30 bits per heavy atom. The van der Waals surface area contributed by atoms with Crippen molar-refractivity contribution in [2.45, 2.75) is 38.6 Å². The molecule has 1 aromatic rings. The van der Waals surface area contributed by atoms with Crippen LogP contribution in [0.5, 0.6) is 0 Å². The molecule has 0 aromatic heterocycles. The molecule has 1 aliphatic rings. The first kappa shape index (κ1) is 15.1. The number of benzene rings is 1. The van der Waals surface area contributed by atoms with E-state index in [0.29, 0.717) is 29.0 Å². The van der Waals surface area contributed by atoms with Crippen molar-refractivity contribution in [2.24, 2.45) is 16.6 Å². The Morgan fingerprint density at radius 3 is 2.95 bits per heavy atom. The number of nitrogens with two attached hydrogens (primary N) is 1. The van der Waals surface area contributed by atoms with E-state index in [-0.39, 0.29) is 17.8 Å². The van der Waals surface area contributed by atoms with Gasteiger partial charge in [-0.1, -0.05) is 31.5 Å². The molecule has 2 rings (SSSR count). The number of rotatable bonds is 5. The van der Waals surface area contributed by atoms with Crippen LogP contribution in [0.4, 0.5) is 4.39 Å². The predicted molar refractivity (Wildman–Crippen MR) is 81.6 cm³/mol. The van der Waals surface area contributed by atoms with Gasteiger partial charge in [0.25, 0.3) is 0 Å². The van der Waals surface area contributed by atoms with E-state index in [1.807, 2.05) is 0 Å². The van der Waals surface area contributed by atoms with E-state index < -0.39 is 0 Å². The Labute approximate surface area is 124 Å². The first-order valence-electron chi connectivity index (χ1n) is 6.99. The molecule has 0 radical (unpaired) electrons. The number of nitrogens with zero attached hydrogens (tertiary/aromatic N) is 1. The number of aliphatic imine (C=N–C) groups is 1. The average molecular weight is 298 g/mol. The molecule has 20 heavy (non-hydrogen) atoms. The first-order chi connectivity index (χ1) is 9.49. The van der Waals surface area contributed by atoms with Crippen LogP contribution in [0.15, 0.2) is 23.2 Å². The summed E-state index contributed by atoms with van der Waals surface area (Å²) in [5.41, 5.74) is 6.41. The van der Waals surface area contributed by atoms with Gasteiger partial charge >= 0.3 is 0 Å². The van der Waals surface area contributed by atoms with E-state index in [1.165, 1.54) is 6.07 Å². The highest BCUT2D eigenvalue weighted by Gasteiger charge is 2.41. The van der Waals surface area contributed by atoms with Gasteiger partial charge in [-0.2, -0.15) is 0 Å². The SMILES string of the molecule is CC(C)CCN=C(N)NC1CC1c1c(F)cccc1Cl. The molecular formula is C15H21ClFN3. The van der Waals surface area contributed by atoms with Crippen molar-refractivity contribution < 1.29 is 4.39 Å². The zero-order valence-corrected chi connectivity index (χ0v) is 12.6. The van der Waals surface area contributed by atoms with Crippen LogP contribution in [0.25, 0.3) is 0 Å². The van der Waals surface area contributed by atoms with E-state index in [1.54, 1.807) is 12.1 Å². The number of halogens is 2. The Bertz CT molecular complexity index is 482. The molecule has 0 amide bonds. The summed E-state index contributed by atoms with van der Waals surface area (Å²) in [6.45, 7) is 5.01. The minimum Gasteiger partial charge on any atom is -0.370 e. The standard InChI is InChI=1S/C15H21ClFN3/c1-9(2)6-7-19-15(18)20-13-8-10(13)14-11(16)4-3-5-12(14)17/h3-5,9-10,13H,6-8H2,1-2H3,(H3,18,19,20). The molecule has 2 unspecified atom stereocenters. The summed E-state index contributed by atoms with van der Waals surface area (Å²) in [5.74, 6) is 0.882. The van der Waals surface area contributed by atoms with E-state index in [2.05, 4.69) is 24.2 Å². The zero-order valence-electron chi connectivity index (χ0n) is 11.9. The van der Waals surface area contributed by atoms with Crippen molar-refractivity contribution in [3.63, 3.8) is 0 Å². The highest BCUT2D eigenvalue weighted by Crippen LogP contribution is 2.44. The maximum absolute atomic E-state index is 13.8. The fourth-order valence-corrected chi connectivity index (χ4v) is 2.52. The molecule has 1 aromatic carbocycles. The van der Waals surface area contributed by atoms with Gasteiger partial charge in [-0.25, -0.2) is 4.39 Å². The molecule has 1 saturated carbocycles. The minimum absolute atomic E-state index is 0.0857. The number of hydrogen-bond acceptors (Lipinski definition) is 1. The molecule has 0 aliphatic heterocycles. The number of guanidine groups is 1. The van der Waals surface area contributed by atoms with Gasteiger partial charge in [0.2, 0.25) is 0 Å². The summed E-state index contributed by atoms with van der Waals surface area (Å²) in [5, 5.41) is 3.61. The van der Waals surface area contributed by atoms with Gasteiger partial charge < -0.3 is 11.1 Å². The van der Waals surface area contributed by atoms with Gasteiger partial charge in [0.05, 0.1) is 0 Å². The Hall–Kier alpha value is -1.29. The second-order valence-electron chi connectivity index (χ2n) is 5.68. The van der Waals surface area contributed by atoms with Gasteiger partial charge in [-0.05, 0) is 30.9 Å². The second-order valence-corrected chi connectivity index (χ2v) is 6.09. The lowest BCUT2D eigenvalue weighted by Crippen LogP contribution is -2.34. The van der Waals surface area contributed by atoms with Crippen LogP contribution in [0.2, 0.25) is 5.02 Å². The molecule has 110 valence electrons. The van der Waals surface area contributed by atoms with E-state index in [0.717, 1.165) is 12.8 Å². The molecule has 0 bridgehead atoms. The number of nitrogens with one attached hydrogen (secondary N) is 1. The van der Waals surface area contributed by atoms with Gasteiger partial charge in [0.1, 0.15) is 5.82 Å². The summed E-state index contributed by atoms with van der Waals surface area (Å²) >= 11 is 6.06. The minimum atomic E-state index is -0.248. The van der Waals surface area contributed by atoms with Gasteiger partial charge in [-0.15, -0.1) is 0 Å². The smallest absolute Gasteiger partial charge is 0.188 e. The van der Waals surface area contributed by atoms with Crippen LogP contribution < -0.4 is 11.1 Å². The lowest BCUT2D eigenvalue weighted by molar-refractivity contribution is 0.595. The van der Waals surface area contributed by atoms with Crippen molar-refractivity contribution in [3.05, 3.63) is 34.6 Å². The summed E-state index contributed by atoms with van der Waals surface area (Å²) in [6.07, 6.45) is 1.84. The zero-order chi connectivity index (χ0) is 14.7. The third-order valence-corrected chi connectivity index (χ3v) is 3.81. The molecular weight excluding hydrogens is 277 g/mol. The predicted octanol–water partition coefficient (Wildman–Crippen LogP) is 3.29. The monoisotopic (exact) mass is 297 g/mol. The van der Waals surface area contributed by atoms with Crippen LogP contribution >= 0.6 is 11.6 Å². The lowest BCUT2D eigenvalue weighted by atomic mass is 10.1. The van der Waals surface area contributed by atoms with Crippen molar-refractivity contribution >= 4 is 17.6 Å². The molecule has 3 nitrogen and oxygen atoms in total. The summed E-state index contributed by atoms with van der Waals surface area (Å²) in [4.78, 5) is 4.27. The lowest BCUT2D eigenvalue weighted by Gasteiger charge is -2.08. The largest absolute Gasteiger partial charge is 0.370 e. The maximum atomic E-state index is 13.8. The molecule has 5 heteroatoms. The Balaban J connectivity index is 1.89. The first-order valence-corrected chi connectivity index (χ1v) is 7.37. The molecule has 0 heterocycles. The average Bonchev–Trinajstić information content (AvgIpc) is 3.07. The normalized spacial score (nSPS) is 22.1. The van der Waals surface area contributed by atoms with Crippen LogP contribution in [0.1, 0.15) is 38.2 Å². The molecule has 3 N–H and O–H groups in total. The Morgan fingerprint density at radius 1 is 1.55 bits per heavy atom. The van der Waals surface area contributed by atoms with E-state index in [9.17, 15) is 4.39 Å². The van der Waals surface area contributed by atoms with E-state index >= 15 is 0 Å². The fraction of sp³-hybridized carbons (Fsp3) is 0.533. The summed E-state index contributed by atoms with van der Waals surface area (Å²) in [7, 11) is 0.